The lowest BCUT2D eigenvalue weighted by molar-refractivity contribution is -0.137. The summed E-state index contributed by atoms with van der Waals surface area (Å²) >= 11 is 0. The van der Waals surface area contributed by atoms with E-state index < -0.39 is 0 Å². The summed E-state index contributed by atoms with van der Waals surface area (Å²) in [5.74, 6) is -0.518. The van der Waals surface area contributed by atoms with Crippen LogP contribution < -0.4 is 16.4 Å². The van der Waals surface area contributed by atoms with Crippen molar-refractivity contribution in [3.05, 3.63) is 0 Å². The summed E-state index contributed by atoms with van der Waals surface area (Å²) in [6.45, 7) is 6.66. The SMILES string of the molecule is CCOC1CC(NC(=O)CNC(=O)CN)C1(C)C. The van der Waals surface area contributed by atoms with Crippen LogP contribution in [-0.4, -0.2) is 43.7 Å². The Kier molecular flexibility index (Phi) is 5.10. The quantitative estimate of drug-likeness (QED) is 0.591. The van der Waals surface area contributed by atoms with Crippen molar-refractivity contribution < 1.29 is 14.3 Å². The number of carbonyl (C=O) groups excluding carboxylic acids is 2. The van der Waals surface area contributed by atoms with Gasteiger partial charge in [-0.15, -0.1) is 0 Å². The Bertz CT molecular complexity index is 318. The van der Waals surface area contributed by atoms with E-state index in [0.29, 0.717) is 6.61 Å². The van der Waals surface area contributed by atoms with E-state index >= 15 is 0 Å². The number of hydrogen-bond acceptors (Lipinski definition) is 4. The lowest BCUT2D eigenvalue weighted by atomic mass is 9.64. The molecule has 18 heavy (non-hydrogen) atoms. The molecule has 1 aliphatic carbocycles. The summed E-state index contributed by atoms with van der Waals surface area (Å²) in [6, 6.07) is 0.0938. The van der Waals surface area contributed by atoms with Crippen LogP contribution in [0.15, 0.2) is 0 Å². The molecule has 2 amide bonds. The number of rotatable bonds is 6. The van der Waals surface area contributed by atoms with E-state index in [1.165, 1.54) is 0 Å². The molecule has 0 spiro atoms. The first-order valence-electron chi connectivity index (χ1n) is 6.29. The van der Waals surface area contributed by atoms with Crippen LogP contribution in [0.1, 0.15) is 27.2 Å². The van der Waals surface area contributed by atoms with E-state index in [1.807, 2.05) is 6.92 Å². The van der Waals surface area contributed by atoms with Gasteiger partial charge in [-0.3, -0.25) is 9.59 Å². The maximum atomic E-state index is 11.6. The molecule has 2 unspecified atom stereocenters. The molecule has 1 rings (SSSR count). The summed E-state index contributed by atoms with van der Waals surface area (Å²) in [7, 11) is 0. The van der Waals surface area contributed by atoms with Gasteiger partial charge in [0.2, 0.25) is 11.8 Å². The van der Waals surface area contributed by atoms with Gasteiger partial charge < -0.3 is 21.1 Å². The molecule has 1 fully saturated rings. The Morgan fingerprint density at radius 1 is 1.39 bits per heavy atom. The summed E-state index contributed by atoms with van der Waals surface area (Å²) in [6.07, 6.45) is 1.00. The van der Waals surface area contributed by atoms with Gasteiger partial charge in [0.25, 0.3) is 0 Å². The standard InChI is InChI=1S/C12H23N3O3/c1-4-18-9-5-8(12(9,2)3)15-11(17)7-14-10(16)6-13/h8-9H,4-7,13H2,1-3H3,(H,14,16)(H,15,17). The molecule has 104 valence electrons. The van der Waals surface area contributed by atoms with Gasteiger partial charge in [-0.25, -0.2) is 0 Å². The lowest BCUT2D eigenvalue weighted by Crippen LogP contribution is -2.62. The van der Waals surface area contributed by atoms with Gasteiger partial charge in [0.1, 0.15) is 0 Å². The highest BCUT2D eigenvalue weighted by Gasteiger charge is 2.49. The van der Waals surface area contributed by atoms with Crippen LogP contribution in [0.5, 0.6) is 0 Å². The van der Waals surface area contributed by atoms with Crippen LogP contribution in [0, 0.1) is 5.41 Å². The number of hydrogen-bond donors (Lipinski definition) is 3. The van der Waals surface area contributed by atoms with Crippen LogP contribution >= 0.6 is 0 Å². The lowest BCUT2D eigenvalue weighted by Gasteiger charge is -2.51. The predicted molar refractivity (Wildman–Crippen MR) is 67.8 cm³/mol. The molecule has 0 saturated heterocycles. The van der Waals surface area contributed by atoms with E-state index in [2.05, 4.69) is 24.5 Å². The number of nitrogens with two attached hydrogens (primary N) is 1. The highest BCUT2D eigenvalue weighted by Crippen LogP contribution is 2.42. The molecular formula is C12H23N3O3. The third kappa shape index (κ3) is 3.43. The average Bonchev–Trinajstić information content (AvgIpc) is 2.34. The Balaban J connectivity index is 2.32. The molecule has 0 aromatic rings. The first-order chi connectivity index (χ1) is 8.41. The van der Waals surface area contributed by atoms with Crippen LogP contribution in [-0.2, 0) is 14.3 Å². The summed E-state index contributed by atoms with van der Waals surface area (Å²) in [5, 5.41) is 5.34. The van der Waals surface area contributed by atoms with Crippen LogP contribution in [0.25, 0.3) is 0 Å². The van der Waals surface area contributed by atoms with E-state index in [4.69, 9.17) is 10.5 Å². The molecule has 0 aromatic heterocycles. The molecule has 0 heterocycles. The smallest absolute Gasteiger partial charge is 0.239 e. The highest BCUT2D eigenvalue weighted by atomic mass is 16.5. The fraction of sp³-hybridized carbons (Fsp3) is 0.833. The molecule has 1 saturated carbocycles. The second kappa shape index (κ2) is 6.15. The fourth-order valence-electron chi connectivity index (χ4n) is 2.11. The van der Waals surface area contributed by atoms with Crippen LogP contribution in [0.2, 0.25) is 0 Å². The van der Waals surface area contributed by atoms with Gasteiger partial charge in [-0.2, -0.15) is 0 Å². The molecule has 2 atom stereocenters. The Hall–Kier alpha value is -1.14. The minimum atomic E-state index is -0.329. The van der Waals surface area contributed by atoms with Gasteiger partial charge in [0, 0.05) is 18.1 Å². The third-order valence-electron chi connectivity index (χ3n) is 3.51. The fourth-order valence-corrected chi connectivity index (χ4v) is 2.11. The molecule has 6 heteroatoms. The number of carbonyl (C=O) groups is 2. The maximum Gasteiger partial charge on any atom is 0.239 e. The molecule has 0 aliphatic heterocycles. The minimum absolute atomic E-state index is 0.0259. The van der Waals surface area contributed by atoms with Gasteiger partial charge >= 0.3 is 0 Å². The molecule has 6 nitrogen and oxygen atoms in total. The molecule has 1 aliphatic rings. The van der Waals surface area contributed by atoms with Gasteiger partial charge in [-0.05, 0) is 13.3 Å². The van der Waals surface area contributed by atoms with Gasteiger partial charge in [0.15, 0.2) is 0 Å². The van der Waals surface area contributed by atoms with Crippen molar-refractivity contribution in [1.29, 1.82) is 0 Å². The van der Waals surface area contributed by atoms with Crippen molar-refractivity contribution >= 4 is 11.8 Å². The van der Waals surface area contributed by atoms with E-state index in [9.17, 15) is 9.59 Å². The number of nitrogens with one attached hydrogen (secondary N) is 2. The van der Waals surface area contributed by atoms with Crippen molar-refractivity contribution in [2.75, 3.05) is 19.7 Å². The van der Waals surface area contributed by atoms with Crippen molar-refractivity contribution in [2.45, 2.75) is 39.3 Å². The summed E-state index contributed by atoms with van der Waals surface area (Å²) < 4.78 is 5.58. The van der Waals surface area contributed by atoms with Crippen LogP contribution in [0.3, 0.4) is 0 Å². The molecule has 0 aromatic carbocycles. The third-order valence-corrected chi connectivity index (χ3v) is 3.51. The topological polar surface area (TPSA) is 93.5 Å². The zero-order chi connectivity index (χ0) is 13.8. The van der Waals surface area contributed by atoms with Gasteiger partial charge in [0.05, 0.1) is 19.2 Å². The second-order valence-electron chi connectivity index (χ2n) is 5.10. The number of amides is 2. The Morgan fingerprint density at radius 2 is 2.06 bits per heavy atom. The van der Waals surface area contributed by atoms with Crippen molar-refractivity contribution in [3.63, 3.8) is 0 Å². The maximum absolute atomic E-state index is 11.6. The first-order valence-corrected chi connectivity index (χ1v) is 6.29. The summed E-state index contributed by atoms with van der Waals surface area (Å²) in [4.78, 5) is 22.5. The molecule has 0 bridgehead atoms. The van der Waals surface area contributed by atoms with E-state index in [-0.39, 0.29) is 42.5 Å². The Labute approximate surface area is 108 Å². The monoisotopic (exact) mass is 257 g/mol. The van der Waals surface area contributed by atoms with Crippen LogP contribution in [0.4, 0.5) is 0 Å². The number of ether oxygens (including phenoxy) is 1. The zero-order valence-electron chi connectivity index (χ0n) is 11.3. The summed E-state index contributed by atoms with van der Waals surface area (Å²) in [5.41, 5.74) is 5.07. The normalized spacial score (nSPS) is 25.1. The largest absolute Gasteiger partial charge is 0.378 e. The predicted octanol–water partition coefficient (Wildman–Crippen LogP) is -0.619. The molecular weight excluding hydrogens is 234 g/mol. The van der Waals surface area contributed by atoms with Gasteiger partial charge in [-0.1, -0.05) is 13.8 Å². The minimum Gasteiger partial charge on any atom is -0.378 e. The zero-order valence-corrected chi connectivity index (χ0v) is 11.3. The Morgan fingerprint density at radius 3 is 2.56 bits per heavy atom. The van der Waals surface area contributed by atoms with E-state index in [0.717, 1.165) is 6.42 Å². The van der Waals surface area contributed by atoms with Crippen molar-refractivity contribution in [2.24, 2.45) is 11.1 Å². The highest BCUT2D eigenvalue weighted by molar-refractivity contribution is 5.85. The van der Waals surface area contributed by atoms with Crippen molar-refractivity contribution in [1.82, 2.24) is 10.6 Å². The first kappa shape index (κ1) is 14.9. The van der Waals surface area contributed by atoms with E-state index in [1.54, 1.807) is 0 Å². The second-order valence-corrected chi connectivity index (χ2v) is 5.10. The average molecular weight is 257 g/mol. The molecule has 4 N–H and O–H groups in total. The van der Waals surface area contributed by atoms with Crippen molar-refractivity contribution in [3.8, 4) is 0 Å². The molecule has 0 radical (unpaired) electrons.